The van der Waals surface area contributed by atoms with Crippen LogP contribution >= 0.6 is 0 Å². The van der Waals surface area contributed by atoms with Crippen LogP contribution in [0, 0.1) is 0 Å². The van der Waals surface area contributed by atoms with Crippen molar-refractivity contribution in [2.24, 2.45) is 0 Å². The van der Waals surface area contributed by atoms with Gasteiger partial charge < -0.3 is 19.4 Å². The van der Waals surface area contributed by atoms with Gasteiger partial charge in [-0.2, -0.15) is 4.98 Å². The van der Waals surface area contributed by atoms with Gasteiger partial charge in [-0.1, -0.05) is 0 Å². The maximum atomic E-state index is 5.31. The maximum Gasteiger partial charge on any atom is 0.224 e. The first-order chi connectivity index (χ1) is 12.3. The molecule has 5 rings (SSSR count). The van der Waals surface area contributed by atoms with Crippen molar-refractivity contribution < 1.29 is 4.74 Å². The number of rotatable bonds is 4. The zero-order valence-corrected chi connectivity index (χ0v) is 13.8. The van der Waals surface area contributed by atoms with Crippen LogP contribution in [0.2, 0.25) is 0 Å². The number of pyridine rings is 1. The highest BCUT2D eigenvalue weighted by atomic mass is 16.5. The summed E-state index contributed by atoms with van der Waals surface area (Å²) in [7, 11) is 1.75. The largest absolute Gasteiger partial charge is 0.381 e. The maximum absolute atomic E-state index is 5.31. The van der Waals surface area contributed by atoms with Gasteiger partial charge in [-0.05, 0) is 25.0 Å². The normalized spacial score (nSPS) is 20.0. The predicted molar refractivity (Wildman–Crippen MR) is 95.5 cm³/mol. The van der Waals surface area contributed by atoms with Crippen molar-refractivity contribution in [3.05, 3.63) is 43.1 Å². The Bertz CT molecular complexity index is 1050. The van der Waals surface area contributed by atoms with Gasteiger partial charge in [0, 0.05) is 60.6 Å². The van der Waals surface area contributed by atoms with E-state index in [4.69, 9.17) is 4.74 Å². The van der Waals surface area contributed by atoms with Crippen LogP contribution in [0.15, 0.2) is 43.1 Å². The van der Waals surface area contributed by atoms with Gasteiger partial charge in [0.2, 0.25) is 5.95 Å². The Kier molecular flexibility index (Phi) is 3.21. The van der Waals surface area contributed by atoms with Crippen LogP contribution < -0.4 is 5.32 Å². The Morgan fingerprint density at radius 1 is 1.28 bits per heavy atom. The molecule has 1 saturated carbocycles. The Morgan fingerprint density at radius 2 is 2.20 bits per heavy atom. The van der Waals surface area contributed by atoms with Crippen molar-refractivity contribution in [1.82, 2.24) is 24.3 Å². The van der Waals surface area contributed by atoms with E-state index >= 15 is 0 Å². The molecule has 25 heavy (non-hydrogen) atoms. The zero-order chi connectivity index (χ0) is 16.8. The summed E-state index contributed by atoms with van der Waals surface area (Å²) < 4.78 is 7.32. The van der Waals surface area contributed by atoms with E-state index in [0.29, 0.717) is 18.1 Å². The van der Waals surface area contributed by atoms with Crippen LogP contribution in [0.4, 0.5) is 5.95 Å². The Labute approximate surface area is 144 Å². The van der Waals surface area contributed by atoms with E-state index in [1.165, 1.54) is 0 Å². The second-order valence-electron chi connectivity index (χ2n) is 6.44. The van der Waals surface area contributed by atoms with Crippen LogP contribution in [-0.2, 0) is 4.74 Å². The summed E-state index contributed by atoms with van der Waals surface area (Å²) in [6, 6.07) is 4.46. The van der Waals surface area contributed by atoms with E-state index in [1.807, 2.05) is 29.1 Å². The van der Waals surface area contributed by atoms with Crippen molar-refractivity contribution in [2.45, 2.75) is 25.0 Å². The number of aromatic amines is 1. The zero-order valence-electron chi connectivity index (χ0n) is 13.8. The van der Waals surface area contributed by atoms with Crippen molar-refractivity contribution in [3.8, 4) is 11.1 Å². The van der Waals surface area contributed by atoms with Crippen LogP contribution in [-0.4, -0.2) is 43.6 Å². The van der Waals surface area contributed by atoms with Gasteiger partial charge in [0.05, 0.1) is 6.10 Å². The molecule has 1 fully saturated rings. The molecule has 4 aromatic rings. The lowest BCUT2D eigenvalue weighted by Gasteiger charge is -2.34. The smallest absolute Gasteiger partial charge is 0.224 e. The lowest BCUT2D eigenvalue weighted by atomic mass is 9.89. The molecule has 7 heteroatoms. The van der Waals surface area contributed by atoms with E-state index < -0.39 is 0 Å². The SMILES string of the molecule is COC1CC(Nc2ncc3c(-c4ccc5nccn5c4)c[nH]c3n2)C1. The fourth-order valence-electron chi connectivity index (χ4n) is 3.35. The first-order valence-corrected chi connectivity index (χ1v) is 8.37. The summed E-state index contributed by atoms with van der Waals surface area (Å²) in [4.78, 5) is 16.6. The molecule has 1 aliphatic rings. The number of fused-ring (bicyclic) bond motifs is 2. The second kappa shape index (κ2) is 5.56. The Morgan fingerprint density at radius 3 is 3.08 bits per heavy atom. The lowest BCUT2D eigenvalue weighted by molar-refractivity contribution is 0.0327. The molecule has 0 amide bonds. The van der Waals surface area contributed by atoms with Gasteiger partial charge in [-0.15, -0.1) is 0 Å². The summed E-state index contributed by atoms with van der Waals surface area (Å²) >= 11 is 0. The Hall–Kier alpha value is -2.93. The first-order valence-electron chi connectivity index (χ1n) is 8.37. The topological polar surface area (TPSA) is 80.1 Å². The van der Waals surface area contributed by atoms with Crippen molar-refractivity contribution in [3.63, 3.8) is 0 Å². The standard InChI is InChI=1S/C18H18N6O/c1-25-13-6-12(7-13)22-18-21-9-15-14(8-20-17(15)23-18)11-2-3-16-19-4-5-24(16)10-11/h2-5,8-10,12-13H,6-7H2,1H3,(H2,20,21,22,23). The third kappa shape index (κ3) is 2.44. The molecule has 7 nitrogen and oxygen atoms in total. The third-order valence-corrected chi connectivity index (χ3v) is 4.89. The fraction of sp³-hybridized carbons (Fsp3) is 0.278. The number of hydrogen-bond acceptors (Lipinski definition) is 5. The molecular weight excluding hydrogens is 316 g/mol. The number of nitrogens with one attached hydrogen (secondary N) is 2. The van der Waals surface area contributed by atoms with Gasteiger partial charge in [-0.3, -0.25) is 0 Å². The van der Waals surface area contributed by atoms with Crippen LogP contribution in [0.25, 0.3) is 27.8 Å². The third-order valence-electron chi connectivity index (χ3n) is 4.89. The molecule has 0 radical (unpaired) electrons. The lowest BCUT2D eigenvalue weighted by Crippen LogP contribution is -2.40. The minimum Gasteiger partial charge on any atom is -0.381 e. The number of aromatic nitrogens is 5. The molecular formula is C18H18N6O. The summed E-state index contributed by atoms with van der Waals surface area (Å²) in [5.74, 6) is 0.658. The molecule has 4 aromatic heterocycles. The molecule has 0 aromatic carbocycles. The number of H-pyrrole nitrogens is 1. The summed E-state index contributed by atoms with van der Waals surface area (Å²) in [5, 5.41) is 4.38. The van der Waals surface area contributed by atoms with E-state index in [2.05, 4.69) is 37.5 Å². The van der Waals surface area contributed by atoms with E-state index in [-0.39, 0.29) is 0 Å². The second-order valence-corrected chi connectivity index (χ2v) is 6.44. The van der Waals surface area contributed by atoms with Gasteiger partial charge in [-0.25, -0.2) is 9.97 Å². The highest BCUT2D eigenvalue weighted by molar-refractivity contribution is 5.93. The molecule has 0 bridgehead atoms. The molecule has 4 heterocycles. The molecule has 2 N–H and O–H groups in total. The highest BCUT2D eigenvalue weighted by Crippen LogP contribution is 2.29. The summed E-state index contributed by atoms with van der Waals surface area (Å²) in [5.41, 5.74) is 3.95. The number of anilines is 1. The first kappa shape index (κ1) is 14.4. The van der Waals surface area contributed by atoms with Crippen molar-refractivity contribution >= 4 is 22.6 Å². The minimum absolute atomic E-state index is 0.358. The van der Waals surface area contributed by atoms with Crippen molar-refractivity contribution in [2.75, 3.05) is 12.4 Å². The molecule has 0 unspecified atom stereocenters. The van der Waals surface area contributed by atoms with Crippen LogP contribution in [0.5, 0.6) is 0 Å². The van der Waals surface area contributed by atoms with E-state index in [1.54, 1.807) is 13.3 Å². The van der Waals surface area contributed by atoms with Crippen LogP contribution in [0.1, 0.15) is 12.8 Å². The highest BCUT2D eigenvalue weighted by Gasteiger charge is 2.29. The van der Waals surface area contributed by atoms with Gasteiger partial charge >= 0.3 is 0 Å². The molecule has 0 aliphatic heterocycles. The average Bonchev–Trinajstić information content (AvgIpc) is 3.23. The fourth-order valence-corrected chi connectivity index (χ4v) is 3.35. The quantitative estimate of drug-likeness (QED) is 0.600. The monoisotopic (exact) mass is 334 g/mol. The summed E-state index contributed by atoms with van der Waals surface area (Å²) in [6.45, 7) is 0. The average molecular weight is 334 g/mol. The van der Waals surface area contributed by atoms with Gasteiger partial charge in [0.1, 0.15) is 11.3 Å². The van der Waals surface area contributed by atoms with Gasteiger partial charge in [0.25, 0.3) is 0 Å². The van der Waals surface area contributed by atoms with Crippen molar-refractivity contribution in [1.29, 1.82) is 0 Å². The summed E-state index contributed by atoms with van der Waals surface area (Å²) in [6.07, 6.45) is 12.0. The number of hydrogen-bond donors (Lipinski definition) is 2. The Balaban J connectivity index is 1.45. The van der Waals surface area contributed by atoms with Gasteiger partial charge in [0.15, 0.2) is 0 Å². The number of imidazole rings is 1. The number of nitrogens with zero attached hydrogens (tertiary/aromatic N) is 4. The van der Waals surface area contributed by atoms with E-state index in [0.717, 1.165) is 40.6 Å². The minimum atomic E-state index is 0.358. The number of ether oxygens (including phenoxy) is 1. The van der Waals surface area contributed by atoms with Crippen LogP contribution in [0.3, 0.4) is 0 Å². The van der Waals surface area contributed by atoms with E-state index in [9.17, 15) is 0 Å². The molecule has 0 atom stereocenters. The number of methoxy groups -OCH3 is 1. The molecule has 126 valence electrons. The molecule has 0 saturated heterocycles. The molecule has 0 spiro atoms. The molecule has 1 aliphatic carbocycles. The predicted octanol–water partition coefficient (Wildman–Crippen LogP) is 2.86.